The molecule has 0 radical (unpaired) electrons. The molecule has 9 nitrogen and oxygen atoms in total. The van der Waals surface area contributed by atoms with Crippen LogP contribution in [0.15, 0.2) is 11.6 Å². The zero-order valence-corrected chi connectivity index (χ0v) is 28.6. The van der Waals surface area contributed by atoms with E-state index in [2.05, 4.69) is 61.5 Å². The topological polar surface area (TPSA) is 149 Å². The monoisotopic (exact) mass is 636 g/mol. The number of aliphatic hydroxyl groups excluding tert-OH is 6. The van der Waals surface area contributed by atoms with Crippen molar-refractivity contribution in [2.75, 3.05) is 6.61 Å². The Hall–Kier alpha value is -0.620. The second-order valence-electron chi connectivity index (χ2n) is 17.7. The lowest BCUT2D eigenvalue weighted by Crippen LogP contribution is -2.69. The van der Waals surface area contributed by atoms with E-state index in [9.17, 15) is 30.6 Å². The lowest BCUT2D eigenvalue weighted by atomic mass is 9.34. The molecule has 4 saturated carbocycles. The zero-order chi connectivity index (χ0) is 33.1. The van der Waals surface area contributed by atoms with E-state index in [4.69, 9.17) is 14.2 Å². The van der Waals surface area contributed by atoms with Crippen LogP contribution in [0.4, 0.5) is 0 Å². The van der Waals surface area contributed by atoms with Gasteiger partial charge >= 0.3 is 0 Å². The Bertz CT molecular complexity index is 1150. The molecule has 258 valence electrons. The highest BCUT2D eigenvalue weighted by molar-refractivity contribution is 5.23. The summed E-state index contributed by atoms with van der Waals surface area (Å²) in [4.78, 5) is 0. The molecule has 2 aliphatic heterocycles. The van der Waals surface area contributed by atoms with E-state index in [0.717, 1.165) is 37.7 Å². The second kappa shape index (κ2) is 11.2. The van der Waals surface area contributed by atoms with Crippen LogP contribution in [0.25, 0.3) is 0 Å². The van der Waals surface area contributed by atoms with Gasteiger partial charge in [-0.3, -0.25) is 0 Å². The highest BCUT2D eigenvalue weighted by Gasteiger charge is 2.74. The Kier molecular flexibility index (Phi) is 8.53. The average Bonchev–Trinajstić information content (AvgIpc) is 3.27. The van der Waals surface area contributed by atoms with E-state index >= 15 is 0 Å². The first-order chi connectivity index (χ1) is 20.8. The van der Waals surface area contributed by atoms with Crippen LogP contribution in [0.5, 0.6) is 0 Å². The summed E-state index contributed by atoms with van der Waals surface area (Å²) in [7, 11) is 0. The fraction of sp³-hybridized carbons (Fsp3) is 0.944. The molecule has 0 aromatic heterocycles. The Balaban J connectivity index is 1.41. The third-order valence-corrected chi connectivity index (χ3v) is 14.7. The summed E-state index contributed by atoms with van der Waals surface area (Å²) in [5, 5.41) is 65.0. The molecule has 0 bridgehead atoms. The van der Waals surface area contributed by atoms with E-state index in [0.29, 0.717) is 18.8 Å². The summed E-state index contributed by atoms with van der Waals surface area (Å²) in [5.41, 5.74) is -0.547. The first kappa shape index (κ1) is 34.3. The molecule has 4 aliphatic carbocycles. The van der Waals surface area contributed by atoms with Crippen LogP contribution in [0, 0.1) is 45.3 Å². The van der Waals surface area contributed by atoms with Crippen molar-refractivity contribution in [1.82, 2.24) is 0 Å². The maximum Gasteiger partial charge on any atom is 0.187 e. The first-order valence-corrected chi connectivity index (χ1v) is 17.5. The minimum Gasteiger partial charge on any atom is -0.394 e. The second-order valence-corrected chi connectivity index (χ2v) is 17.7. The van der Waals surface area contributed by atoms with Gasteiger partial charge in [0.1, 0.15) is 24.4 Å². The number of aliphatic hydroxyl groups is 6. The van der Waals surface area contributed by atoms with Crippen molar-refractivity contribution >= 4 is 0 Å². The zero-order valence-electron chi connectivity index (χ0n) is 28.6. The molecule has 17 atom stereocenters. The van der Waals surface area contributed by atoms with Gasteiger partial charge in [0.2, 0.25) is 0 Å². The molecule has 6 rings (SSSR count). The van der Waals surface area contributed by atoms with Gasteiger partial charge < -0.3 is 44.8 Å². The Morgan fingerprint density at radius 2 is 1.53 bits per heavy atom. The Labute approximate surface area is 269 Å². The van der Waals surface area contributed by atoms with Crippen LogP contribution < -0.4 is 0 Å². The van der Waals surface area contributed by atoms with Crippen molar-refractivity contribution in [3.63, 3.8) is 0 Å². The van der Waals surface area contributed by atoms with Gasteiger partial charge in [0, 0.05) is 6.42 Å². The predicted molar refractivity (Wildman–Crippen MR) is 168 cm³/mol. The quantitative estimate of drug-likeness (QED) is 0.256. The predicted octanol–water partition coefficient (Wildman–Crippen LogP) is 3.31. The van der Waals surface area contributed by atoms with Crippen molar-refractivity contribution < 1.29 is 44.8 Å². The standard InChI is InChI=1S/C36H60O9/c1-18(2)13-19-15-36(8,45-31-29(42)28(41)27(40)23(17-37)44-31)20-9-12-34(6)26(20)22(43-19)14-24-33(5)11-10-25(39)32(3,4)30(33)21(38)16-35(24,34)7/h13,19-31,37-42H,9-12,14-17H2,1-8H3/t19-,20-,21-,22+,23+,24+,25-,26-,27+,28-,29+,30-,31-,33+,34+,35+,36-/m0/s1. The van der Waals surface area contributed by atoms with E-state index in [-0.39, 0.29) is 46.2 Å². The smallest absolute Gasteiger partial charge is 0.187 e. The van der Waals surface area contributed by atoms with Gasteiger partial charge in [0.15, 0.2) is 6.29 Å². The Morgan fingerprint density at radius 1 is 0.844 bits per heavy atom. The summed E-state index contributed by atoms with van der Waals surface area (Å²) < 4.78 is 19.9. The molecule has 0 spiro atoms. The van der Waals surface area contributed by atoms with Gasteiger partial charge in [-0.1, -0.05) is 46.3 Å². The van der Waals surface area contributed by atoms with E-state index in [1.807, 2.05) is 0 Å². The minimum atomic E-state index is -1.51. The van der Waals surface area contributed by atoms with E-state index in [1.54, 1.807) is 0 Å². The van der Waals surface area contributed by atoms with Crippen LogP contribution >= 0.6 is 0 Å². The highest BCUT2D eigenvalue weighted by atomic mass is 16.7. The van der Waals surface area contributed by atoms with Crippen LogP contribution in [0.1, 0.15) is 100 Å². The summed E-state index contributed by atoms with van der Waals surface area (Å²) in [6, 6.07) is 0. The maximum atomic E-state index is 12.0. The molecule has 2 saturated heterocycles. The SMILES string of the molecule is CC(C)=C[C@H]1C[C@](C)(O[C@@H]2O[C@H](CO)[C@@H](O)[C@H](O)[C@H]2O)[C@H]2CC[C@]3(C)[C@@H]2[C@@H](C[C@@H]2[C@@]4(C)CC[C@H](O)C(C)(C)[C@@H]4[C@@H](O)C[C@]23C)O1. The maximum absolute atomic E-state index is 12.0. The van der Waals surface area contributed by atoms with Crippen molar-refractivity contribution in [1.29, 1.82) is 0 Å². The van der Waals surface area contributed by atoms with E-state index < -0.39 is 60.5 Å². The lowest BCUT2D eigenvalue weighted by Gasteiger charge is -2.71. The first-order valence-electron chi connectivity index (χ1n) is 17.5. The van der Waals surface area contributed by atoms with E-state index in [1.165, 1.54) is 0 Å². The van der Waals surface area contributed by atoms with Crippen molar-refractivity contribution in [3.05, 3.63) is 11.6 Å². The number of allylic oxidation sites excluding steroid dienone is 1. The summed E-state index contributed by atoms with van der Waals surface area (Å²) >= 11 is 0. The van der Waals surface area contributed by atoms with Crippen LogP contribution in [0.3, 0.4) is 0 Å². The van der Waals surface area contributed by atoms with Crippen LogP contribution in [-0.2, 0) is 14.2 Å². The van der Waals surface area contributed by atoms with Crippen molar-refractivity contribution in [2.24, 2.45) is 45.3 Å². The molecular weight excluding hydrogens is 576 g/mol. The minimum absolute atomic E-state index is 0.0108. The van der Waals surface area contributed by atoms with Crippen LogP contribution in [-0.4, -0.2) is 98.0 Å². The molecule has 0 unspecified atom stereocenters. The molecule has 0 aromatic carbocycles. The van der Waals surface area contributed by atoms with Crippen molar-refractivity contribution in [3.8, 4) is 0 Å². The number of fused-ring (bicyclic) bond motifs is 4. The number of hydrogen-bond acceptors (Lipinski definition) is 9. The third kappa shape index (κ3) is 4.88. The van der Waals surface area contributed by atoms with Gasteiger partial charge in [-0.2, -0.15) is 0 Å². The van der Waals surface area contributed by atoms with Gasteiger partial charge in [-0.05, 0) is 105 Å². The van der Waals surface area contributed by atoms with Gasteiger partial charge in [0.05, 0.1) is 36.6 Å². The lowest BCUT2D eigenvalue weighted by molar-refractivity contribution is -0.334. The Morgan fingerprint density at radius 3 is 2.18 bits per heavy atom. The third-order valence-electron chi connectivity index (χ3n) is 14.7. The summed E-state index contributed by atoms with van der Waals surface area (Å²) in [5.74, 6) is 0.473. The van der Waals surface area contributed by atoms with Gasteiger partial charge in [-0.15, -0.1) is 0 Å². The highest BCUT2D eigenvalue weighted by Crippen LogP contribution is 2.76. The normalized spacial score (nSPS) is 57.2. The molecular formula is C36H60O9. The molecule has 6 fully saturated rings. The fourth-order valence-corrected chi connectivity index (χ4v) is 12.6. The molecule has 0 aromatic rings. The molecule has 45 heavy (non-hydrogen) atoms. The molecule has 6 aliphatic rings. The van der Waals surface area contributed by atoms with Gasteiger partial charge in [-0.25, -0.2) is 0 Å². The number of rotatable bonds is 4. The largest absolute Gasteiger partial charge is 0.394 e. The van der Waals surface area contributed by atoms with Crippen LogP contribution in [0.2, 0.25) is 0 Å². The summed E-state index contributed by atoms with van der Waals surface area (Å²) in [6.07, 6.45) is -0.212. The fourth-order valence-electron chi connectivity index (χ4n) is 12.6. The number of hydrogen-bond donors (Lipinski definition) is 6. The molecule has 6 N–H and O–H groups in total. The molecule has 2 heterocycles. The van der Waals surface area contributed by atoms with Crippen molar-refractivity contribution in [2.45, 2.75) is 161 Å². The van der Waals surface area contributed by atoms with Gasteiger partial charge in [0.25, 0.3) is 0 Å². The average molecular weight is 637 g/mol. The number of ether oxygens (including phenoxy) is 3. The molecule has 9 heteroatoms. The summed E-state index contributed by atoms with van der Waals surface area (Å²) in [6.45, 7) is 17.2. The molecule has 0 amide bonds.